The lowest BCUT2D eigenvalue weighted by Crippen LogP contribution is -2.14. The molecule has 12 rings (SSSR count). The van der Waals surface area contributed by atoms with Crippen LogP contribution in [0.3, 0.4) is 0 Å². The standard InChI is InChI=1S/C51H34N4O2/c1-3-13-31(14-4-1)49-52-50(32-15-5-2-6-16-32)54-51(53-49)39-21-11-20-38-40-29-33(25-27-44(40)57-48(38)39)35-19-12-24-46-47(35)41-30-34(26-28-45(41)56-46)55-42-22-9-7-17-36(42)37-18-8-10-23-43(37)55/h1,3-5,7-23,25-30,46H,2,6,24H2. The second-order valence-electron chi connectivity index (χ2n) is 14.9. The Kier molecular flexibility index (Phi) is 7.08. The molecule has 0 radical (unpaired) electrons. The third kappa shape index (κ3) is 5.07. The zero-order valence-electron chi connectivity index (χ0n) is 30.9. The number of fused-ring (bicyclic) bond motifs is 9. The minimum Gasteiger partial charge on any atom is -0.485 e. The highest BCUT2D eigenvalue weighted by molar-refractivity contribution is 6.12. The van der Waals surface area contributed by atoms with Crippen molar-refractivity contribution < 1.29 is 9.15 Å². The lowest BCUT2D eigenvalue weighted by Gasteiger charge is -2.19. The fourth-order valence-corrected chi connectivity index (χ4v) is 8.96. The molecular weight excluding hydrogens is 701 g/mol. The normalized spacial score (nSPS) is 16.1. The summed E-state index contributed by atoms with van der Waals surface area (Å²) in [7, 11) is 0. The summed E-state index contributed by atoms with van der Waals surface area (Å²) in [5.41, 5.74) is 12.5. The Morgan fingerprint density at radius 2 is 1.33 bits per heavy atom. The maximum Gasteiger partial charge on any atom is 0.167 e. The van der Waals surface area contributed by atoms with Crippen LogP contribution in [0.4, 0.5) is 0 Å². The van der Waals surface area contributed by atoms with Gasteiger partial charge in [-0.15, -0.1) is 0 Å². The average Bonchev–Trinajstić information content (AvgIpc) is 3.96. The Morgan fingerprint density at radius 1 is 0.561 bits per heavy atom. The predicted octanol–water partition coefficient (Wildman–Crippen LogP) is 12.6. The number of nitrogens with zero attached hydrogens (tertiary/aromatic N) is 4. The Morgan fingerprint density at radius 3 is 2.16 bits per heavy atom. The van der Waals surface area contributed by atoms with Gasteiger partial charge in [-0.05, 0) is 72.5 Å². The number of para-hydroxylation sites is 3. The number of furan rings is 1. The van der Waals surface area contributed by atoms with Crippen LogP contribution < -0.4 is 4.74 Å². The lowest BCUT2D eigenvalue weighted by molar-refractivity contribution is 0.279. The number of allylic oxidation sites excluding steroid dienone is 6. The average molecular weight is 735 g/mol. The van der Waals surface area contributed by atoms with Gasteiger partial charge >= 0.3 is 0 Å². The van der Waals surface area contributed by atoms with E-state index in [1.54, 1.807) is 0 Å². The van der Waals surface area contributed by atoms with Gasteiger partial charge in [-0.1, -0.05) is 115 Å². The van der Waals surface area contributed by atoms with Crippen molar-refractivity contribution in [3.05, 3.63) is 181 Å². The molecule has 0 spiro atoms. The summed E-state index contributed by atoms with van der Waals surface area (Å²) in [4.78, 5) is 15.0. The van der Waals surface area contributed by atoms with Crippen LogP contribution in [0.1, 0.15) is 36.2 Å². The van der Waals surface area contributed by atoms with E-state index >= 15 is 0 Å². The third-order valence-electron chi connectivity index (χ3n) is 11.6. The van der Waals surface area contributed by atoms with E-state index in [4.69, 9.17) is 24.1 Å². The van der Waals surface area contributed by atoms with Gasteiger partial charge in [0.2, 0.25) is 0 Å². The van der Waals surface area contributed by atoms with Crippen LogP contribution in [0, 0.1) is 0 Å². The first-order chi connectivity index (χ1) is 28.2. The van der Waals surface area contributed by atoms with E-state index < -0.39 is 0 Å². The van der Waals surface area contributed by atoms with Crippen molar-refractivity contribution in [3.63, 3.8) is 0 Å². The summed E-state index contributed by atoms with van der Waals surface area (Å²) < 4.78 is 15.7. The van der Waals surface area contributed by atoms with Gasteiger partial charge in [0.05, 0.1) is 16.6 Å². The first kappa shape index (κ1) is 32.0. The molecule has 2 aliphatic carbocycles. The van der Waals surface area contributed by atoms with Crippen LogP contribution in [0.15, 0.2) is 168 Å². The summed E-state index contributed by atoms with van der Waals surface area (Å²) in [6.07, 6.45) is 13.7. The van der Waals surface area contributed by atoms with Crippen molar-refractivity contribution >= 4 is 60.5 Å². The molecule has 6 nitrogen and oxygen atoms in total. The summed E-state index contributed by atoms with van der Waals surface area (Å²) in [5.74, 6) is 2.81. The Bertz CT molecular complexity index is 3200. The van der Waals surface area contributed by atoms with Crippen LogP contribution >= 0.6 is 0 Å². The first-order valence-corrected chi connectivity index (χ1v) is 19.6. The Labute approximate surface area is 328 Å². The predicted molar refractivity (Wildman–Crippen MR) is 230 cm³/mol. The fraction of sp³-hybridized carbons (Fsp3) is 0.0784. The van der Waals surface area contributed by atoms with E-state index in [1.807, 2.05) is 36.4 Å². The van der Waals surface area contributed by atoms with Crippen LogP contribution in [-0.2, 0) is 0 Å². The van der Waals surface area contributed by atoms with Crippen molar-refractivity contribution in [3.8, 4) is 34.2 Å². The zero-order chi connectivity index (χ0) is 37.5. The molecular formula is C51H34N4O2. The highest BCUT2D eigenvalue weighted by Crippen LogP contribution is 2.48. The SMILES string of the molecule is C1=CC(c2nc(-c3ccccc3)nc(-c3cccc4c3oc3ccc(C5=C6c7cc(-n8c9ccccc9c9ccccc98)ccc7OC6CC=C5)cc34)n2)=CCC1. The maximum absolute atomic E-state index is 6.69. The van der Waals surface area contributed by atoms with Gasteiger partial charge in [-0.3, -0.25) is 0 Å². The molecule has 1 unspecified atom stereocenters. The Hall–Kier alpha value is -7.31. The molecule has 4 heterocycles. The monoisotopic (exact) mass is 734 g/mol. The van der Waals surface area contributed by atoms with E-state index in [0.717, 1.165) is 80.5 Å². The summed E-state index contributed by atoms with van der Waals surface area (Å²) in [5, 5.41) is 4.56. The van der Waals surface area contributed by atoms with Gasteiger partial charge in [0.1, 0.15) is 23.0 Å². The molecule has 1 aliphatic heterocycles. The van der Waals surface area contributed by atoms with Gasteiger partial charge in [0.25, 0.3) is 0 Å². The van der Waals surface area contributed by atoms with Crippen molar-refractivity contribution in [2.24, 2.45) is 0 Å². The summed E-state index contributed by atoms with van der Waals surface area (Å²) >= 11 is 0. The number of aromatic nitrogens is 4. The van der Waals surface area contributed by atoms with Crippen molar-refractivity contribution in [2.75, 3.05) is 0 Å². The summed E-state index contributed by atoms with van der Waals surface area (Å²) in [6.45, 7) is 0. The quantitative estimate of drug-likeness (QED) is 0.176. The van der Waals surface area contributed by atoms with E-state index in [0.29, 0.717) is 17.5 Å². The number of rotatable bonds is 5. The topological polar surface area (TPSA) is 66.0 Å². The molecule has 6 aromatic carbocycles. The molecule has 0 fully saturated rings. The first-order valence-electron chi connectivity index (χ1n) is 19.6. The van der Waals surface area contributed by atoms with Crippen molar-refractivity contribution in [2.45, 2.75) is 25.4 Å². The van der Waals surface area contributed by atoms with Crippen molar-refractivity contribution in [1.29, 1.82) is 0 Å². The van der Waals surface area contributed by atoms with Crippen LogP contribution in [0.25, 0.3) is 88.9 Å². The molecule has 3 aromatic heterocycles. The highest BCUT2D eigenvalue weighted by Gasteiger charge is 2.33. The molecule has 0 bridgehead atoms. The van der Waals surface area contributed by atoms with E-state index in [2.05, 4.69) is 132 Å². The second-order valence-corrected chi connectivity index (χ2v) is 14.9. The molecule has 0 saturated heterocycles. The van der Waals surface area contributed by atoms with Gasteiger partial charge < -0.3 is 13.7 Å². The molecule has 9 aromatic rings. The lowest BCUT2D eigenvalue weighted by atomic mass is 9.87. The van der Waals surface area contributed by atoms with Gasteiger partial charge in [-0.2, -0.15) is 0 Å². The fourth-order valence-electron chi connectivity index (χ4n) is 8.96. The van der Waals surface area contributed by atoms with Gasteiger partial charge in [0, 0.05) is 55.9 Å². The minimum absolute atomic E-state index is 0.0530. The second kappa shape index (κ2) is 12.6. The van der Waals surface area contributed by atoms with Gasteiger partial charge in [0.15, 0.2) is 17.5 Å². The van der Waals surface area contributed by atoms with Gasteiger partial charge in [-0.25, -0.2) is 15.0 Å². The smallest absolute Gasteiger partial charge is 0.167 e. The number of ether oxygens (including phenoxy) is 1. The molecule has 3 aliphatic rings. The van der Waals surface area contributed by atoms with Crippen molar-refractivity contribution in [1.82, 2.24) is 19.5 Å². The van der Waals surface area contributed by atoms with E-state index in [1.165, 1.54) is 33.0 Å². The van der Waals surface area contributed by atoms with Crippen LogP contribution in [-0.4, -0.2) is 25.6 Å². The van der Waals surface area contributed by atoms with E-state index in [9.17, 15) is 0 Å². The molecule has 1 atom stereocenters. The molecule has 6 heteroatoms. The summed E-state index contributed by atoms with van der Waals surface area (Å²) in [6, 6.07) is 46.8. The van der Waals surface area contributed by atoms with Crippen LogP contribution in [0.2, 0.25) is 0 Å². The minimum atomic E-state index is -0.0530. The number of hydrogen-bond donors (Lipinski definition) is 0. The Balaban J connectivity index is 0.999. The zero-order valence-corrected chi connectivity index (χ0v) is 30.9. The largest absolute Gasteiger partial charge is 0.485 e. The molecule has 57 heavy (non-hydrogen) atoms. The maximum atomic E-state index is 6.69. The number of benzene rings is 6. The molecule has 0 N–H and O–H groups in total. The van der Waals surface area contributed by atoms with Crippen LogP contribution in [0.5, 0.6) is 5.75 Å². The molecule has 0 saturated carbocycles. The highest BCUT2D eigenvalue weighted by atomic mass is 16.5. The number of hydrogen-bond acceptors (Lipinski definition) is 5. The third-order valence-corrected chi connectivity index (χ3v) is 11.6. The van der Waals surface area contributed by atoms with E-state index in [-0.39, 0.29) is 6.10 Å². The molecule has 0 amide bonds. The molecule has 270 valence electrons.